The Hall–Kier alpha value is -1.26. The number of halogens is 1. The van der Waals surface area contributed by atoms with Crippen molar-refractivity contribution in [3.8, 4) is 0 Å². The van der Waals surface area contributed by atoms with Gasteiger partial charge in [0.25, 0.3) is 0 Å². The Labute approximate surface area is 159 Å². The molecule has 0 bridgehead atoms. The fourth-order valence-corrected chi connectivity index (χ4v) is 2.94. The van der Waals surface area contributed by atoms with E-state index in [-0.39, 0.29) is 18.4 Å². The van der Waals surface area contributed by atoms with E-state index >= 15 is 0 Å². The molecule has 144 valence electrons. The SMILES string of the molecule is CCCCN(CCCC)CCCOC(=O)c1c(C)cc(N)cc1C.Cl. The number of carbonyl (C=O) groups excluding carboxylic acids is 1. The molecule has 1 rings (SSSR count). The van der Waals surface area contributed by atoms with Crippen LogP contribution in [0.25, 0.3) is 0 Å². The second-order valence-electron chi connectivity index (χ2n) is 6.57. The minimum Gasteiger partial charge on any atom is -0.462 e. The second kappa shape index (κ2) is 13.0. The zero-order valence-corrected chi connectivity index (χ0v) is 17.1. The van der Waals surface area contributed by atoms with E-state index in [0.717, 1.165) is 37.2 Å². The molecule has 0 aliphatic rings. The maximum absolute atomic E-state index is 12.3. The lowest BCUT2D eigenvalue weighted by molar-refractivity contribution is 0.0486. The van der Waals surface area contributed by atoms with Gasteiger partial charge in [0.2, 0.25) is 0 Å². The first-order valence-electron chi connectivity index (χ1n) is 9.25. The van der Waals surface area contributed by atoms with Crippen molar-refractivity contribution in [2.45, 2.75) is 59.8 Å². The first-order chi connectivity index (χ1) is 11.5. The van der Waals surface area contributed by atoms with Gasteiger partial charge in [0, 0.05) is 12.2 Å². The quantitative estimate of drug-likeness (QED) is 0.346. The molecule has 0 aromatic heterocycles. The molecule has 2 N–H and O–H groups in total. The highest BCUT2D eigenvalue weighted by Gasteiger charge is 2.14. The Morgan fingerprint density at radius 2 is 1.48 bits per heavy atom. The summed E-state index contributed by atoms with van der Waals surface area (Å²) >= 11 is 0. The van der Waals surface area contributed by atoms with Gasteiger partial charge in [-0.25, -0.2) is 4.79 Å². The number of carbonyl (C=O) groups is 1. The van der Waals surface area contributed by atoms with Gasteiger partial charge >= 0.3 is 5.97 Å². The summed E-state index contributed by atoms with van der Waals surface area (Å²) in [5, 5.41) is 0. The molecule has 0 amide bonds. The first kappa shape index (κ1) is 23.7. The molecule has 0 aliphatic carbocycles. The molecule has 0 aliphatic heterocycles. The van der Waals surface area contributed by atoms with Crippen molar-refractivity contribution < 1.29 is 9.53 Å². The van der Waals surface area contributed by atoms with Crippen LogP contribution in [0.15, 0.2) is 12.1 Å². The van der Waals surface area contributed by atoms with Gasteiger partial charge in [-0.15, -0.1) is 12.4 Å². The van der Waals surface area contributed by atoms with Gasteiger partial charge in [-0.05, 0) is 69.5 Å². The summed E-state index contributed by atoms with van der Waals surface area (Å²) in [4.78, 5) is 14.8. The fraction of sp³-hybridized carbons (Fsp3) is 0.650. The maximum Gasteiger partial charge on any atom is 0.338 e. The van der Waals surface area contributed by atoms with Crippen molar-refractivity contribution in [2.24, 2.45) is 0 Å². The number of aryl methyl sites for hydroxylation is 2. The number of esters is 1. The molecule has 0 heterocycles. The molecule has 1 aromatic carbocycles. The number of anilines is 1. The Balaban J connectivity index is 0.00000576. The van der Waals surface area contributed by atoms with Crippen molar-refractivity contribution in [2.75, 3.05) is 32.0 Å². The molecule has 0 radical (unpaired) electrons. The Bertz CT molecular complexity index is 489. The van der Waals surface area contributed by atoms with E-state index in [4.69, 9.17) is 10.5 Å². The average molecular weight is 371 g/mol. The molecule has 1 aromatic rings. The minimum atomic E-state index is -0.237. The molecule has 5 heteroatoms. The minimum absolute atomic E-state index is 0. The molecular weight excluding hydrogens is 336 g/mol. The number of benzene rings is 1. The lowest BCUT2D eigenvalue weighted by atomic mass is 10.0. The van der Waals surface area contributed by atoms with Crippen LogP contribution in [0.1, 0.15) is 67.4 Å². The fourth-order valence-electron chi connectivity index (χ4n) is 2.94. The van der Waals surface area contributed by atoms with Crippen molar-refractivity contribution in [1.82, 2.24) is 4.90 Å². The topological polar surface area (TPSA) is 55.6 Å². The summed E-state index contributed by atoms with van der Waals surface area (Å²) in [7, 11) is 0. The summed E-state index contributed by atoms with van der Waals surface area (Å²) in [6, 6.07) is 3.64. The van der Waals surface area contributed by atoms with Crippen LogP contribution in [0.3, 0.4) is 0 Å². The summed E-state index contributed by atoms with van der Waals surface area (Å²) in [6.07, 6.45) is 5.77. The van der Waals surface area contributed by atoms with Crippen LogP contribution in [0.5, 0.6) is 0 Å². The third-order valence-electron chi connectivity index (χ3n) is 4.27. The van der Waals surface area contributed by atoms with Gasteiger partial charge < -0.3 is 15.4 Å². The van der Waals surface area contributed by atoms with Crippen molar-refractivity contribution in [3.63, 3.8) is 0 Å². The monoisotopic (exact) mass is 370 g/mol. The number of ether oxygens (including phenoxy) is 1. The Kier molecular flexibility index (Phi) is 12.4. The molecule has 0 unspecified atom stereocenters. The molecule has 0 spiro atoms. The largest absolute Gasteiger partial charge is 0.462 e. The van der Waals surface area contributed by atoms with Gasteiger partial charge in [-0.3, -0.25) is 0 Å². The van der Waals surface area contributed by atoms with Crippen LogP contribution in [-0.2, 0) is 4.74 Å². The van der Waals surface area contributed by atoms with Crippen LogP contribution in [0.4, 0.5) is 5.69 Å². The predicted molar refractivity (Wildman–Crippen MR) is 109 cm³/mol. The van der Waals surface area contributed by atoms with Gasteiger partial charge in [-0.1, -0.05) is 26.7 Å². The van der Waals surface area contributed by atoms with Crippen LogP contribution >= 0.6 is 12.4 Å². The zero-order chi connectivity index (χ0) is 17.9. The third kappa shape index (κ3) is 8.59. The van der Waals surface area contributed by atoms with E-state index in [1.54, 1.807) is 0 Å². The van der Waals surface area contributed by atoms with E-state index in [1.807, 2.05) is 26.0 Å². The summed E-state index contributed by atoms with van der Waals surface area (Å²) in [6.45, 7) is 12.0. The van der Waals surface area contributed by atoms with Crippen molar-refractivity contribution in [1.29, 1.82) is 0 Å². The van der Waals surface area contributed by atoms with E-state index in [0.29, 0.717) is 17.9 Å². The van der Waals surface area contributed by atoms with E-state index in [2.05, 4.69) is 18.7 Å². The van der Waals surface area contributed by atoms with Crippen LogP contribution in [0, 0.1) is 13.8 Å². The standard InChI is InChI=1S/C20H34N2O2.ClH/c1-5-7-10-22(11-8-6-2)12-9-13-24-20(23)19-16(3)14-18(21)15-17(19)4;/h14-15H,5-13,21H2,1-4H3;1H. The smallest absolute Gasteiger partial charge is 0.338 e. The third-order valence-corrected chi connectivity index (χ3v) is 4.27. The highest BCUT2D eigenvalue weighted by atomic mass is 35.5. The first-order valence-corrected chi connectivity index (χ1v) is 9.25. The summed E-state index contributed by atoms with van der Waals surface area (Å²) in [5.74, 6) is -0.237. The molecule has 0 saturated carbocycles. The highest BCUT2D eigenvalue weighted by Crippen LogP contribution is 2.19. The number of hydrogen-bond donors (Lipinski definition) is 1. The number of unbranched alkanes of at least 4 members (excludes halogenated alkanes) is 2. The molecule has 0 atom stereocenters. The number of nitrogens with two attached hydrogens (primary N) is 1. The molecule has 0 fully saturated rings. The average Bonchev–Trinajstić information content (AvgIpc) is 2.52. The van der Waals surface area contributed by atoms with E-state index in [1.165, 1.54) is 25.7 Å². The van der Waals surface area contributed by atoms with Crippen LogP contribution in [-0.4, -0.2) is 37.1 Å². The second-order valence-corrected chi connectivity index (χ2v) is 6.57. The number of hydrogen-bond acceptors (Lipinski definition) is 4. The van der Waals surface area contributed by atoms with Gasteiger partial charge in [0.05, 0.1) is 12.2 Å². The highest BCUT2D eigenvalue weighted by molar-refractivity contribution is 5.93. The molecule has 0 saturated heterocycles. The van der Waals surface area contributed by atoms with Gasteiger partial charge in [0.1, 0.15) is 0 Å². The normalized spacial score (nSPS) is 10.6. The summed E-state index contributed by atoms with van der Waals surface area (Å²) in [5.41, 5.74) is 8.90. The van der Waals surface area contributed by atoms with Gasteiger partial charge in [-0.2, -0.15) is 0 Å². The van der Waals surface area contributed by atoms with Gasteiger partial charge in [0.15, 0.2) is 0 Å². The Morgan fingerprint density at radius 1 is 1.00 bits per heavy atom. The predicted octanol–water partition coefficient (Wildman–Crippen LogP) is 4.76. The Morgan fingerprint density at radius 3 is 1.96 bits per heavy atom. The lowest BCUT2D eigenvalue weighted by Crippen LogP contribution is -2.28. The number of nitrogen functional groups attached to an aromatic ring is 1. The maximum atomic E-state index is 12.3. The zero-order valence-electron chi connectivity index (χ0n) is 16.3. The summed E-state index contributed by atoms with van der Waals surface area (Å²) < 4.78 is 5.48. The lowest BCUT2D eigenvalue weighted by Gasteiger charge is -2.21. The molecular formula is C20H35ClN2O2. The molecule has 25 heavy (non-hydrogen) atoms. The molecule has 4 nitrogen and oxygen atoms in total. The van der Waals surface area contributed by atoms with Crippen molar-refractivity contribution in [3.05, 3.63) is 28.8 Å². The van der Waals surface area contributed by atoms with Crippen LogP contribution in [0.2, 0.25) is 0 Å². The van der Waals surface area contributed by atoms with E-state index < -0.39 is 0 Å². The van der Waals surface area contributed by atoms with Crippen LogP contribution < -0.4 is 5.73 Å². The van der Waals surface area contributed by atoms with Crippen molar-refractivity contribution >= 4 is 24.1 Å². The number of rotatable bonds is 11. The van der Waals surface area contributed by atoms with E-state index in [9.17, 15) is 4.79 Å². The number of nitrogens with zero attached hydrogens (tertiary/aromatic N) is 1.